The number of hydrogen-bond donors (Lipinski definition) is 7. The van der Waals surface area contributed by atoms with E-state index in [1.54, 1.807) is 84.1 Å². The van der Waals surface area contributed by atoms with Gasteiger partial charge in [0.25, 0.3) is 0 Å². The van der Waals surface area contributed by atoms with Crippen LogP contribution < -0.4 is 38.5 Å². The van der Waals surface area contributed by atoms with Crippen molar-refractivity contribution in [1.29, 1.82) is 0 Å². The number of primary amides is 1. The molecule has 0 bridgehead atoms. The number of benzene rings is 2. The molecule has 0 unspecified atom stereocenters. The van der Waals surface area contributed by atoms with Gasteiger partial charge in [-0.15, -0.1) is 11.3 Å². The van der Waals surface area contributed by atoms with E-state index in [0.717, 1.165) is 17.0 Å². The van der Waals surface area contributed by atoms with Crippen molar-refractivity contribution in [2.75, 3.05) is 46.2 Å². The maximum absolute atomic E-state index is 14.8. The van der Waals surface area contributed by atoms with Gasteiger partial charge in [0.2, 0.25) is 23.6 Å². The van der Waals surface area contributed by atoms with Crippen molar-refractivity contribution in [3.05, 3.63) is 82.3 Å². The topological polar surface area (TPSA) is 344 Å². The Morgan fingerprint density at radius 2 is 1.43 bits per heavy atom. The smallest absolute Gasteiger partial charge is 0.408 e. The average Bonchev–Trinajstić information content (AvgIpc) is 1.81. The van der Waals surface area contributed by atoms with E-state index < -0.39 is 89.3 Å². The average molecular weight is 1340 g/mol. The number of amides is 7. The summed E-state index contributed by atoms with van der Waals surface area (Å²) in [7, 11) is 4.80. The molecule has 2 aromatic carbocycles. The second-order valence-corrected chi connectivity index (χ2v) is 27.9. The van der Waals surface area contributed by atoms with Crippen LogP contribution in [0.3, 0.4) is 0 Å². The van der Waals surface area contributed by atoms with Crippen LogP contribution in [0.1, 0.15) is 175 Å². The molecule has 1 aliphatic heterocycles. The molecular formula is C71H110N10O13S. The lowest BCUT2D eigenvalue weighted by atomic mass is 9.83. The summed E-state index contributed by atoms with van der Waals surface area (Å²) in [4.78, 5) is 145. The van der Waals surface area contributed by atoms with E-state index in [9.17, 15) is 47.9 Å². The molecule has 0 spiro atoms. The van der Waals surface area contributed by atoms with Gasteiger partial charge in [-0.1, -0.05) is 104 Å². The van der Waals surface area contributed by atoms with Crippen molar-refractivity contribution >= 4 is 75.9 Å². The zero-order chi connectivity index (χ0) is 70.7. The molecule has 1 fully saturated rings. The van der Waals surface area contributed by atoms with Gasteiger partial charge in [0.15, 0.2) is 11.6 Å². The lowest BCUT2D eigenvalue weighted by molar-refractivity contribution is -0.149. The Kier molecular flexibility index (Phi) is 33.8. The minimum absolute atomic E-state index is 0.0339. The van der Waals surface area contributed by atoms with Crippen LogP contribution in [0.25, 0.3) is 0 Å². The number of nitrogens with zero attached hydrogens (tertiary/aromatic N) is 3. The lowest BCUT2D eigenvalue weighted by Crippen LogP contribution is -2.55. The largest absolute Gasteiger partial charge is 0.445 e. The molecule has 23 nitrogen and oxygen atoms in total. The first-order valence-corrected chi connectivity index (χ1v) is 34.7. The van der Waals surface area contributed by atoms with Gasteiger partial charge < -0.3 is 62.5 Å². The number of anilines is 1. The van der Waals surface area contributed by atoms with Crippen LogP contribution in [0, 0.1) is 41.4 Å². The molecule has 0 saturated carbocycles. The fourth-order valence-corrected chi connectivity index (χ4v) is 13.3. The fourth-order valence-electron chi connectivity index (χ4n) is 12.5. The van der Waals surface area contributed by atoms with E-state index in [4.69, 9.17) is 31.4 Å². The number of alkyl carbamates (subject to hydrolysis) is 1. The number of ketones is 4. The Morgan fingerprint density at radius 3 is 2.01 bits per heavy atom. The van der Waals surface area contributed by atoms with Gasteiger partial charge >= 0.3 is 12.1 Å². The highest BCUT2D eigenvalue weighted by Gasteiger charge is 2.44. The summed E-state index contributed by atoms with van der Waals surface area (Å²) in [5.74, 6) is -6.35. The van der Waals surface area contributed by atoms with Gasteiger partial charge in [0, 0.05) is 107 Å². The first-order valence-electron chi connectivity index (χ1n) is 33.8. The number of Topliss-reactive ketones (excluding diaryl/α,β-unsaturated/α-hetero) is 4. The number of unbranched alkanes of at least 4 members (excludes halogenated alkanes) is 1. The van der Waals surface area contributed by atoms with E-state index in [1.165, 1.54) is 18.4 Å². The summed E-state index contributed by atoms with van der Waals surface area (Å²) in [5.41, 5.74) is 17.3. The molecule has 24 heteroatoms. The second kappa shape index (κ2) is 39.9. The number of carbonyl (C=O) groups excluding carboxylic acids is 10. The van der Waals surface area contributed by atoms with E-state index >= 15 is 0 Å². The van der Waals surface area contributed by atoms with Gasteiger partial charge in [0.1, 0.15) is 18.2 Å². The van der Waals surface area contributed by atoms with Crippen LogP contribution >= 0.6 is 11.3 Å². The number of nitrogens with two attached hydrogens (primary N) is 3. The predicted molar refractivity (Wildman–Crippen MR) is 368 cm³/mol. The zero-order valence-corrected chi connectivity index (χ0v) is 59.3. The normalized spacial score (nSPS) is 16.8. The van der Waals surface area contributed by atoms with Crippen LogP contribution in [-0.4, -0.2) is 156 Å². The highest BCUT2D eigenvalue weighted by atomic mass is 32.1. The maximum Gasteiger partial charge on any atom is 0.408 e. The molecule has 4 rings (SSSR count). The van der Waals surface area contributed by atoms with E-state index in [-0.39, 0.29) is 111 Å². The molecule has 1 aliphatic rings. The Morgan fingerprint density at radius 1 is 0.779 bits per heavy atom. The molecular weight excluding hydrogens is 1230 g/mol. The highest BCUT2D eigenvalue weighted by Crippen LogP contribution is 2.34. The Bertz CT molecular complexity index is 2950. The third kappa shape index (κ3) is 25.2. The number of urea groups is 1. The molecule has 95 heavy (non-hydrogen) atoms. The van der Waals surface area contributed by atoms with Gasteiger partial charge in [0.05, 0.1) is 53.3 Å². The molecule has 3 aromatic rings. The zero-order valence-electron chi connectivity index (χ0n) is 58.5. The standard InChI is InChI=1S/C71H110N10O13S/c1-14-45(6)63(59(92-12)41-61(86)81-34-21-26-55(81)64(93-13)46(7)56(82)39-52(67-75-33-35-95-67)36-48-22-16-15-17-23-48)80(11)68(89)54(43(2)3)40-60(85)71(9,10)79-70(91)94-42-49-27-29-53(30-28-49)77-65(87)51(25-20-32-76-69(74)90)38-58(84)62(44(4)5)78-66(88)50(24-18-19-31-72)37-57(83)47(8)73/h15-17,22-23,27-30,33,35,43-47,50-52,54-55,59,62-64H,14,18-21,24-26,31-32,34,36-42,72-73H2,1-13H3,(H,77,87)(H,78,88)(H,79,91)(H3,74,76,90)/t45-,46-,47-,50+,51+,52+,54-,55-,59+,62-,63-,64+/m0/s1. The molecule has 10 N–H and O–H groups in total. The van der Waals surface area contributed by atoms with E-state index in [0.29, 0.717) is 69.3 Å². The molecule has 0 radical (unpaired) electrons. The van der Waals surface area contributed by atoms with Crippen molar-refractivity contribution in [2.45, 2.75) is 214 Å². The number of rotatable bonds is 43. The van der Waals surface area contributed by atoms with Crippen LogP contribution in [0.5, 0.6) is 0 Å². The van der Waals surface area contributed by atoms with Crippen LogP contribution in [-0.2, 0) is 65.6 Å². The number of likely N-dealkylation sites (N-methyl/N-ethyl adjacent to an activating group) is 1. The number of hydrogen-bond acceptors (Lipinski definition) is 17. The van der Waals surface area contributed by atoms with E-state index in [1.807, 2.05) is 63.1 Å². The number of likely N-dealkylation sites (tertiary alicyclic amines) is 1. The SMILES string of the molecule is CC[C@H](C)[C@@H]([C@@H](CC(=O)N1CCC[C@H]1[C@H](OC)[C@@H](C)C(=O)C[C@@H](Cc1ccccc1)c1nccs1)OC)N(C)C(=O)[C@@H](CC(=O)C(C)(C)NC(=O)OCc1ccc(NC(=O)[C@H](CCCNC(N)=O)CC(=O)[C@@H](NC(=O)[C@H](CCCCN)CC(=O)[C@H](C)N)C(C)C)cc1)C(C)C. The lowest BCUT2D eigenvalue weighted by Gasteiger charge is -2.41. The third-order valence-electron chi connectivity index (χ3n) is 18.6. The Hall–Kier alpha value is -6.99. The predicted octanol–water partition coefficient (Wildman–Crippen LogP) is 8.44. The summed E-state index contributed by atoms with van der Waals surface area (Å²) < 4.78 is 17.8. The number of carbonyl (C=O) groups is 10. The summed E-state index contributed by atoms with van der Waals surface area (Å²) in [6, 6.07) is 13.1. The van der Waals surface area contributed by atoms with Gasteiger partial charge in [-0.2, -0.15) is 0 Å². The molecule has 1 saturated heterocycles. The molecule has 1 aromatic heterocycles. The fraction of sp³-hybridized carbons (Fsp3) is 0.648. The Labute approximate surface area is 567 Å². The monoisotopic (exact) mass is 1340 g/mol. The first-order chi connectivity index (χ1) is 45.0. The van der Waals surface area contributed by atoms with Crippen molar-refractivity contribution in [1.82, 2.24) is 30.7 Å². The Balaban J connectivity index is 1.38. The minimum Gasteiger partial charge on any atom is -0.445 e. The molecule has 7 amide bonds. The number of nitrogens with one attached hydrogen (secondary N) is 4. The number of thiazole rings is 1. The van der Waals surface area contributed by atoms with Crippen molar-refractivity contribution < 1.29 is 62.2 Å². The first kappa shape index (κ1) is 80.4. The number of methoxy groups -OCH3 is 2. The molecule has 12 atom stereocenters. The van der Waals surface area contributed by atoms with Crippen LogP contribution in [0.15, 0.2) is 66.2 Å². The summed E-state index contributed by atoms with van der Waals surface area (Å²) >= 11 is 1.53. The summed E-state index contributed by atoms with van der Waals surface area (Å²) in [6.07, 6.45) is 4.07. The third-order valence-corrected chi connectivity index (χ3v) is 19.6. The summed E-state index contributed by atoms with van der Waals surface area (Å²) in [5, 5.41) is 13.7. The highest BCUT2D eigenvalue weighted by molar-refractivity contribution is 7.09. The quantitative estimate of drug-likeness (QED) is 0.0261. The van der Waals surface area contributed by atoms with Crippen molar-refractivity contribution in [3.8, 4) is 0 Å². The van der Waals surface area contributed by atoms with Gasteiger partial charge in [-0.25, -0.2) is 14.6 Å². The van der Waals surface area contributed by atoms with Crippen molar-refractivity contribution in [3.63, 3.8) is 0 Å². The summed E-state index contributed by atoms with van der Waals surface area (Å²) in [6.45, 7) is 18.6. The number of aromatic nitrogens is 1. The maximum atomic E-state index is 14.8. The van der Waals surface area contributed by atoms with Crippen LogP contribution in [0.4, 0.5) is 15.3 Å². The number of ether oxygens (including phenoxy) is 3. The molecule has 2 heterocycles. The van der Waals surface area contributed by atoms with E-state index in [2.05, 4.69) is 38.4 Å². The van der Waals surface area contributed by atoms with Crippen LogP contribution in [0.2, 0.25) is 0 Å². The molecule has 0 aliphatic carbocycles. The second-order valence-electron chi connectivity index (χ2n) is 27.0. The van der Waals surface area contributed by atoms with Gasteiger partial charge in [-0.3, -0.25) is 38.4 Å². The minimum atomic E-state index is -1.47. The van der Waals surface area contributed by atoms with Gasteiger partial charge in [-0.05, 0) is 113 Å². The van der Waals surface area contributed by atoms with Crippen molar-refractivity contribution in [2.24, 2.45) is 58.6 Å². The molecule has 528 valence electrons.